The van der Waals surface area contributed by atoms with E-state index in [1.165, 1.54) is 0 Å². The van der Waals surface area contributed by atoms with Crippen LogP contribution in [-0.4, -0.2) is 26.9 Å². The van der Waals surface area contributed by atoms with Gasteiger partial charge in [-0.15, -0.1) is 0 Å². The third-order valence-electron chi connectivity index (χ3n) is 5.09. The smallest absolute Gasteiger partial charge is 0.184 e. The predicted octanol–water partition coefficient (Wildman–Crippen LogP) is 6.65. The Morgan fingerprint density at radius 1 is 0.871 bits per heavy atom. The van der Waals surface area contributed by atoms with Gasteiger partial charge in [-0.25, -0.2) is 0 Å². The number of anilines is 3. The summed E-state index contributed by atoms with van der Waals surface area (Å²) in [4.78, 5) is 2.21. The van der Waals surface area contributed by atoms with Crippen LogP contribution in [0.4, 0.5) is 17.1 Å². The summed E-state index contributed by atoms with van der Waals surface area (Å²) in [5.74, 6) is 0. The zero-order valence-corrected chi connectivity index (χ0v) is 19.2. The quantitative estimate of drug-likeness (QED) is 0.335. The molecule has 1 aliphatic rings. The lowest BCUT2D eigenvalue weighted by atomic mass is 10.1. The van der Waals surface area contributed by atoms with Crippen LogP contribution in [0, 0.1) is 0 Å². The maximum absolute atomic E-state index is 5.66. The van der Waals surface area contributed by atoms with Crippen molar-refractivity contribution in [3.63, 3.8) is 0 Å². The zero-order chi connectivity index (χ0) is 21.6. The summed E-state index contributed by atoms with van der Waals surface area (Å²) < 4.78 is 23.4. The van der Waals surface area contributed by atoms with Gasteiger partial charge in [-0.05, 0) is 55.5 Å². The van der Waals surface area contributed by atoms with Gasteiger partial charge in [0.2, 0.25) is 0 Å². The van der Waals surface area contributed by atoms with Gasteiger partial charge in [0.1, 0.15) is 0 Å². The van der Waals surface area contributed by atoms with Crippen LogP contribution >= 0.6 is 15.9 Å². The zero-order valence-electron chi connectivity index (χ0n) is 17.7. The number of hydrogen-bond acceptors (Lipinski definition) is 5. The summed E-state index contributed by atoms with van der Waals surface area (Å²) in [7, 11) is 1.65. The second-order valence-corrected chi connectivity index (χ2v) is 8.01. The van der Waals surface area contributed by atoms with Gasteiger partial charge in [-0.2, -0.15) is 0 Å². The Labute approximate surface area is 191 Å². The van der Waals surface area contributed by atoms with Gasteiger partial charge < -0.3 is 23.8 Å². The lowest BCUT2D eigenvalue weighted by Gasteiger charge is -2.26. The average Bonchev–Trinajstić information content (AvgIpc) is 3.35. The van der Waals surface area contributed by atoms with Crippen molar-refractivity contribution in [2.45, 2.75) is 19.5 Å². The van der Waals surface area contributed by atoms with E-state index in [-0.39, 0.29) is 12.6 Å². The molecule has 0 saturated carbocycles. The van der Waals surface area contributed by atoms with Gasteiger partial charge in [-0.3, -0.25) is 0 Å². The molecule has 3 aromatic carbocycles. The number of methoxy groups -OCH3 is 1. The van der Waals surface area contributed by atoms with E-state index in [1.807, 2.05) is 31.2 Å². The highest BCUT2D eigenvalue weighted by molar-refractivity contribution is 9.10. The first-order valence-electron chi connectivity index (χ1n) is 10.3. The van der Waals surface area contributed by atoms with Gasteiger partial charge in [-0.1, -0.05) is 40.2 Å². The first-order valence-corrected chi connectivity index (χ1v) is 11.1. The van der Waals surface area contributed by atoms with Gasteiger partial charge in [0, 0.05) is 46.4 Å². The maximum atomic E-state index is 5.66. The number of ether oxygens (including phenoxy) is 4. The van der Waals surface area contributed by atoms with Crippen LogP contribution in [0.15, 0.2) is 77.3 Å². The monoisotopic (exact) mass is 483 g/mol. The minimum absolute atomic E-state index is 0.279. The highest BCUT2D eigenvalue weighted by Crippen LogP contribution is 2.37. The van der Waals surface area contributed by atoms with Crippen molar-refractivity contribution in [3.05, 3.63) is 88.4 Å². The SMILES string of the molecule is CCOC(OC)c1ccc(N(c2ccc(Br)cc2)c2ccc(C3OCCO3)cc2)cc1. The molecule has 162 valence electrons. The van der Waals surface area contributed by atoms with Crippen molar-refractivity contribution in [1.29, 1.82) is 0 Å². The molecule has 1 fully saturated rings. The number of nitrogens with zero attached hydrogens (tertiary/aromatic N) is 1. The van der Waals surface area contributed by atoms with E-state index in [4.69, 9.17) is 18.9 Å². The lowest BCUT2D eigenvalue weighted by molar-refractivity contribution is -0.124. The van der Waals surface area contributed by atoms with E-state index in [0.29, 0.717) is 19.8 Å². The van der Waals surface area contributed by atoms with Crippen LogP contribution in [0.3, 0.4) is 0 Å². The summed E-state index contributed by atoms with van der Waals surface area (Å²) in [5, 5.41) is 0. The van der Waals surface area contributed by atoms with Crippen molar-refractivity contribution in [1.82, 2.24) is 0 Å². The van der Waals surface area contributed by atoms with E-state index in [1.54, 1.807) is 7.11 Å². The molecule has 31 heavy (non-hydrogen) atoms. The molecule has 0 amide bonds. The Bertz CT molecular complexity index is 954. The first kappa shape index (κ1) is 22.0. The molecule has 4 rings (SSSR count). The van der Waals surface area contributed by atoms with Gasteiger partial charge in [0.25, 0.3) is 0 Å². The van der Waals surface area contributed by atoms with Gasteiger partial charge >= 0.3 is 0 Å². The molecule has 5 nitrogen and oxygen atoms in total. The summed E-state index contributed by atoms with van der Waals surface area (Å²) in [5.41, 5.74) is 5.15. The number of hydrogen-bond donors (Lipinski definition) is 0. The Kier molecular flexibility index (Phi) is 7.37. The number of benzene rings is 3. The first-order chi connectivity index (χ1) is 15.2. The fourth-order valence-electron chi connectivity index (χ4n) is 3.60. The van der Waals surface area contributed by atoms with Gasteiger partial charge in [0.05, 0.1) is 13.2 Å². The number of rotatable bonds is 8. The summed E-state index contributed by atoms with van der Waals surface area (Å²) in [6, 6.07) is 24.8. The summed E-state index contributed by atoms with van der Waals surface area (Å²) in [6.45, 7) is 3.81. The molecule has 0 aliphatic carbocycles. The van der Waals surface area contributed by atoms with Crippen molar-refractivity contribution >= 4 is 33.0 Å². The molecule has 1 saturated heterocycles. The Hall–Kier alpha value is -2.22. The molecular weight excluding hydrogens is 458 g/mol. The normalized spacial score (nSPS) is 15.2. The molecule has 0 spiro atoms. The second kappa shape index (κ2) is 10.4. The fourth-order valence-corrected chi connectivity index (χ4v) is 3.87. The minimum Gasteiger partial charge on any atom is -0.352 e. The van der Waals surface area contributed by atoms with E-state index in [2.05, 4.69) is 69.4 Å². The van der Waals surface area contributed by atoms with Crippen LogP contribution < -0.4 is 4.90 Å². The predicted molar refractivity (Wildman–Crippen MR) is 125 cm³/mol. The second-order valence-electron chi connectivity index (χ2n) is 7.09. The third kappa shape index (κ3) is 5.17. The largest absolute Gasteiger partial charge is 0.352 e. The summed E-state index contributed by atoms with van der Waals surface area (Å²) >= 11 is 3.53. The van der Waals surface area contributed by atoms with E-state index in [0.717, 1.165) is 32.7 Å². The highest BCUT2D eigenvalue weighted by Gasteiger charge is 2.19. The Balaban J connectivity index is 1.67. The van der Waals surface area contributed by atoms with Crippen LogP contribution in [0.2, 0.25) is 0 Å². The standard InChI is InChI=1S/C25H26BrNO4/c1-3-29-24(28-2)18-4-10-21(11-5-18)27(23-14-8-20(26)9-15-23)22-12-6-19(7-13-22)25-30-16-17-31-25/h4-15,24-25H,3,16-17H2,1-2H3. The van der Waals surface area contributed by atoms with E-state index >= 15 is 0 Å². The molecule has 3 aromatic rings. The molecule has 0 bridgehead atoms. The van der Waals surface area contributed by atoms with Crippen molar-refractivity contribution < 1.29 is 18.9 Å². The Morgan fingerprint density at radius 3 is 1.90 bits per heavy atom. The average molecular weight is 484 g/mol. The molecule has 6 heteroatoms. The molecule has 1 unspecified atom stereocenters. The van der Waals surface area contributed by atoms with Crippen molar-refractivity contribution in [2.24, 2.45) is 0 Å². The molecule has 0 aromatic heterocycles. The lowest BCUT2D eigenvalue weighted by Crippen LogP contribution is -2.11. The Morgan fingerprint density at radius 2 is 1.39 bits per heavy atom. The third-order valence-corrected chi connectivity index (χ3v) is 5.61. The molecule has 0 radical (unpaired) electrons. The van der Waals surface area contributed by atoms with Crippen LogP contribution in [-0.2, 0) is 18.9 Å². The van der Waals surface area contributed by atoms with Crippen molar-refractivity contribution in [3.8, 4) is 0 Å². The highest BCUT2D eigenvalue weighted by atomic mass is 79.9. The van der Waals surface area contributed by atoms with Crippen LogP contribution in [0.1, 0.15) is 30.6 Å². The topological polar surface area (TPSA) is 40.2 Å². The molecule has 1 aliphatic heterocycles. The summed E-state index contributed by atoms with van der Waals surface area (Å²) in [6.07, 6.45) is -0.648. The van der Waals surface area contributed by atoms with Crippen LogP contribution in [0.5, 0.6) is 0 Å². The molecular formula is C25H26BrNO4. The molecule has 1 heterocycles. The number of halogens is 1. The van der Waals surface area contributed by atoms with Crippen molar-refractivity contribution in [2.75, 3.05) is 31.8 Å². The minimum atomic E-state index is -0.370. The molecule has 1 atom stereocenters. The molecule has 0 N–H and O–H groups in total. The fraction of sp³-hybridized carbons (Fsp3) is 0.280. The maximum Gasteiger partial charge on any atom is 0.184 e. The van der Waals surface area contributed by atoms with E-state index < -0.39 is 0 Å². The van der Waals surface area contributed by atoms with E-state index in [9.17, 15) is 0 Å². The van der Waals surface area contributed by atoms with Gasteiger partial charge in [0.15, 0.2) is 12.6 Å². The van der Waals surface area contributed by atoms with Crippen LogP contribution in [0.25, 0.3) is 0 Å².